The number of fused-ring (bicyclic) bond motifs is 3. The molecule has 3 aliphatic carbocycles. The Bertz CT molecular complexity index is 1450. The SMILES string of the molecule is C=C(N)C1=C(O)[C@@]2(O)C(=O)C3=C(O)c4c(O)c(NC(=O)CNC(C)(C)C)cc(N(C)C)c4C[C@H]3C[C@H]2C(N(C)C)C1=O. The minimum Gasteiger partial charge on any atom is -0.508 e. The summed E-state index contributed by atoms with van der Waals surface area (Å²) in [6.45, 7) is 9.23. The molecule has 228 valence electrons. The molecule has 1 amide bonds. The average molecular weight is 584 g/mol. The van der Waals surface area contributed by atoms with Gasteiger partial charge in [0.25, 0.3) is 0 Å². The van der Waals surface area contributed by atoms with E-state index >= 15 is 0 Å². The summed E-state index contributed by atoms with van der Waals surface area (Å²) in [4.78, 5) is 43.6. The lowest BCUT2D eigenvalue weighted by Crippen LogP contribution is -2.65. The molecule has 1 unspecified atom stereocenters. The molecule has 12 heteroatoms. The van der Waals surface area contributed by atoms with E-state index in [2.05, 4.69) is 17.2 Å². The standard InChI is InChI=1S/C30H41N5O7/c1-13(31)20-26(39)23(35(7)8)16-10-14-9-15-18(34(5)6)11-17(33-19(36)12-32-29(2,3)4)24(37)22(15)25(38)21(14)28(41)30(16,42)27(20)40/h11,14,16,23,32,37-38,40,42H,1,9-10,12,31H2,2-8H3,(H,33,36)/t14-,16-,23?,30+/m0/s1. The van der Waals surface area contributed by atoms with Crippen LogP contribution in [0.4, 0.5) is 11.4 Å². The minimum atomic E-state index is -2.57. The van der Waals surface area contributed by atoms with Crippen LogP contribution < -0.4 is 21.3 Å². The van der Waals surface area contributed by atoms with Crippen LogP contribution in [0.15, 0.2) is 35.2 Å². The fourth-order valence-corrected chi connectivity index (χ4v) is 6.40. The summed E-state index contributed by atoms with van der Waals surface area (Å²) >= 11 is 0. The van der Waals surface area contributed by atoms with Gasteiger partial charge < -0.3 is 41.7 Å². The number of aliphatic hydroxyl groups is 3. The van der Waals surface area contributed by atoms with Crippen LogP contribution >= 0.6 is 0 Å². The third kappa shape index (κ3) is 4.83. The highest BCUT2D eigenvalue weighted by molar-refractivity contribution is 6.15. The van der Waals surface area contributed by atoms with E-state index in [1.807, 2.05) is 20.8 Å². The molecular weight excluding hydrogens is 542 g/mol. The Morgan fingerprint density at radius 1 is 1.17 bits per heavy atom. The molecule has 0 heterocycles. The molecule has 3 aliphatic rings. The molecule has 0 saturated heterocycles. The number of Topliss-reactive ketones (excluding diaryl/α,β-unsaturated/α-hetero) is 2. The fourth-order valence-electron chi connectivity index (χ4n) is 6.40. The van der Waals surface area contributed by atoms with E-state index in [9.17, 15) is 34.8 Å². The monoisotopic (exact) mass is 583 g/mol. The van der Waals surface area contributed by atoms with Crippen molar-refractivity contribution in [3.8, 4) is 5.75 Å². The molecule has 4 atom stereocenters. The number of amides is 1. The summed E-state index contributed by atoms with van der Waals surface area (Å²) in [5.41, 5.74) is 3.12. The van der Waals surface area contributed by atoms with Crippen molar-refractivity contribution in [2.45, 2.75) is 50.8 Å². The van der Waals surface area contributed by atoms with Crippen LogP contribution in [-0.2, 0) is 20.8 Å². The van der Waals surface area contributed by atoms with Crippen molar-refractivity contribution < 1.29 is 34.8 Å². The lowest BCUT2D eigenvalue weighted by molar-refractivity contribution is -0.153. The zero-order valence-corrected chi connectivity index (χ0v) is 25.1. The van der Waals surface area contributed by atoms with Gasteiger partial charge in [0.15, 0.2) is 11.4 Å². The van der Waals surface area contributed by atoms with Gasteiger partial charge in [0.05, 0.1) is 29.4 Å². The van der Waals surface area contributed by atoms with Crippen molar-refractivity contribution >= 4 is 34.6 Å². The Morgan fingerprint density at radius 2 is 1.79 bits per heavy atom. The van der Waals surface area contributed by atoms with Crippen molar-refractivity contribution in [2.75, 3.05) is 45.0 Å². The van der Waals surface area contributed by atoms with Crippen molar-refractivity contribution in [3.05, 3.63) is 46.4 Å². The number of likely N-dealkylation sites (N-methyl/N-ethyl adjacent to an activating group) is 1. The largest absolute Gasteiger partial charge is 0.508 e. The van der Waals surface area contributed by atoms with Crippen LogP contribution in [0, 0.1) is 11.8 Å². The lowest BCUT2D eigenvalue weighted by atomic mass is 9.57. The Morgan fingerprint density at radius 3 is 2.31 bits per heavy atom. The van der Waals surface area contributed by atoms with Crippen LogP contribution in [0.2, 0.25) is 0 Å². The van der Waals surface area contributed by atoms with Gasteiger partial charge in [-0.2, -0.15) is 0 Å². The van der Waals surface area contributed by atoms with E-state index in [4.69, 9.17) is 5.73 Å². The highest BCUT2D eigenvalue weighted by atomic mass is 16.3. The van der Waals surface area contributed by atoms with Gasteiger partial charge >= 0.3 is 0 Å². The second kappa shape index (κ2) is 10.4. The maximum Gasteiger partial charge on any atom is 0.238 e. The number of benzene rings is 1. The number of phenols is 1. The fraction of sp³-hybridized carbons (Fsp3) is 0.500. The number of hydrogen-bond acceptors (Lipinski definition) is 11. The zero-order chi connectivity index (χ0) is 31.6. The van der Waals surface area contributed by atoms with Crippen molar-refractivity contribution in [1.82, 2.24) is 10.2 Å². The number of nitrogens with zero attached hydrogens (tertiary/aromatic N) is 2. The van der Waals surface area contributed by atoms with Gasteiger partial charge in [-0.25, -0.2) is 0 Å². The van der Waals surface area contributed by atoms with Crippen LogP contribution in [-0.4, -0.2) is 94.7 Å². The molecular formula is C30H41N5O7. The predicted molar refractivity (Wildman–Crippen MR) is 159 cm³/mol. The molecule has 0 aromatic heterocycles. The Balaban J connectivity index is 1.89. The second-order valence-corrected chi connectivity index (χ2v) is 12.8. The molecule has 1 saturated carbocycles. The molecule has 4 rings (SSSR count). The maximum absolute atomic E-state index is 14.1. The number of carbonyl (C=O) groups is 3. The van der Waals surface area contributed by atoms with Crippen molar-refractivity contribution in [2.24, 2.45) is 17.6 Å². The van der Waals surface area contributed by atoms with E-state index < -0.39 is 63.8 Å². The average Bonchev–Trinajstić information content (AvgIpc) is 2.85. The van der Waals surface area contributed by atoms with E-state index in [0.717, 1.165) is 0 Å². The van der Waals surface area contributed by atoms with E-state index in [0.29, 0.717) is 11.3 Å². The third-order valence-electron chi connectivity index (χ3n) is 8.31. The highest BCUT2D eigenvalue weighted by Crippen LogP contribution is 2.54. The number of anilines is 2. The summed E-state index contributed by atoms with van der Waals surface area (Å²) in [6.07, 6.45) is 0.248. The molecule has 0 radical (unpaired) electrons. The topological polar surface area (TPSA) is 189 Å². The van der Waals surface area contributed by atoms with Gasteiger partial charge in [-0.05, 0) is 65.3 Å². The lowest BCUT2D eigenvalue weighted by Gasteiger charge is -2.50. The first-order chi connectivity index (χ1) is 19.3. The number of allylic oxidation sites excluding steroid dienone is 1. The number of aliphatic hydroxyl groups excluding tert-OH is 2. The van der Waals surface area contributed by atoms with Crippen LogP contribution in [0.5, 0.6) is 5.75 Å². The minimum absolute atomic E-state index is 0.0315. The summed E-state index contributed by atoms with van der Waals surface area (Å²) in [6, 6.07) is 0.597. The number of carbonyl (C=O) groups excluding carboxylic acids is 3. The highest BCUT2D eigenvalue weighted by Gasteiger charge is 2.63. The summed E-state index contributed by atoms with van der Waals surface area (Å²) in [5.74, 6) is -5.58. The van der Waals surface area contributed by atoms with Gasteiger partial charge in [-0.3, -0.25) is 19.3 Å². The summed E-state index contributed by atoms with van der Waals surface area (Å²) in [5, 5.41) is 51.7. The molecule has 0 bridgehead atoms. The quantitative estimate of drug-likeness (QED) is 0.239. The number of rotatable bonds is 6. The Kier molecular flexibility index (Phi) is 7.73. The summed E-state index contributed by atoms with van der Waals surface area (Å²) in [7, 11) is 6.79. The number of phenolic OH excluding ortho intramolecular Hbond substituents is 1. The number of hydrogen-bond donors (Lipinski definition) is 7. The Labute approximate surface area is 245 Å². The number of nitrogens with two attached hydrogens (primary N) is 1. The van der Waals surface area contributed by atoms with Gasteiger partial charge in [0.2, 0.25) is 11.7 Å². The van der Waals surface area contributed by atoms with Crippen molar-refractivity contribution in [1.29, 1.82) is 0 Å². The van der Waals surface area contributed by atoms with Gasteiger partial charge in [-0.15, -0.1) is 0 Å². The van der Waals surface area contributed by atoms with Gasteiger partial charge in [0.1, 0.15) is 17.3 Å². The molecule has 12 nitrogen and oxygen atoms in total. The molecule has 42 heavy (non-hydrogen) atoms. The first kappa shape index (κ1) is 31.1. The van der Waals surface area contributed by atoms with Crippen LogP contribution in [0.3, 0.4) is 0 Å². The molecule has 1 aromatic carbocycles. The zero-order valence-electron chi connectivity index (χ0n) is 25.1. The number of aromatic hydroxyl groups is 1. The molecule has 1 aromatic rings. The molecule has 0 spiro atoms. The third-order valence-corrected chi connectivity index (χ3v) is 8.31. The van der Waals surface area contributed by atoms with Gasteiger partial charge in [-0.1, -0.05) is 6.58 Å². The van der Waals surface area contributed by atoms with E-state index in [1.165, 1.54) is 0 Å². The number of ketones is 2. The predicted octanol–water partition coefficient (Wildman–Crippen LogP) is 1.34. The molecule has 1 fully saturated rings. The molecule has 8 N–H and O–H groups in total. The summed E-state index contributed by atoms with van der Waals surface area (Å²) < 4.78 is 0. The van der Waals surface area contributed by atoms with Crippen LogP contribution in [0.25, 0.3) is 5.76 Å². The maximum atomic E-state index is 14.1. The smallest absolute Gasteiger partial charge is 0.238 e. The van der Waals surface area contributed by atoms with E-state index in [-0.39, 0.29) is 47.4 Å². The van der Waals surface area contributed by atoms with Gasteiger partial charge in [0, 0.05) is 42.5 Å². The van der Waals surface area contributed by atoms with Crippen molar-refractivity contribution in [3.63, 3.8) is 0 Å². The normalized spacial score (nSPS) is 25.7. The first-order valence-electron chi connectivity index (χ1n) is 13.7. The molecule has 0 aliphatic heterocycles. The number of nitrogens with one attached hydrogen (secondary N) is 2. The Hall–Kier alpha value is -3.87. The second-order valence-electron chi connectivity index (χ2n) is 12.8. The van der Waals surface area contributed by atoms with Crippen LogP contribution in [0.1, 0.15) is 38.3 Å². The first-order valence-corrected chi connectivity index (χ1v) is 13.7. The van der Waals surface area contributed by atoms with E-state index in [1.54, 1.807) is 44.1 Å².